The zero-order valence-corrected chi connectivity index (χ0v) is 16.4. The molecule has 0 radical (unpaired) electrons. The van der Waals surface area contributed by atoms with Crippen LogP contribution in [0.2, 0.25) is 0 Å². The second kappa shape index (κ2) is 7.18. The minimum atomic E-state index is -0.0500. The third-order valence-electron chi connectivity index (χ3n) is 5.56. The molecule has 1 fully saturated rings. The maximum Gasteiger partial charge on any atom is 0.322 e. The summed E-state index contributed by atoms with van der Waals surface area (Å²) in [5, 5.41) is 3.11. The Hall–Kier alpha value is -2.63. The van der Waals surface area contributed by atoms with Crippen LogP contribution in [0.4, 0.5) is 16.3 Å². The van der Waals surface area contributed by atoms with Crippen LogP contribution in [0.15, 0.2) is 18.2 Å². The first-order valence-electron chi connectivity index (χ1n) is 9.76. The highest BCUT2D eigenvalue weighted by Gasteiger charge is 2.28. The minimum absolute atomic E-state index is 0.0500. The second-order valence-corrected chi connectivity index (χ2v) is 7.58. The van der Waals surface area contributed by atoms with E-state index in [1.165, 1.54) is 12.8 Å². The number of para-hydroxylation sites is 1. The van der Waals surface area contributed by atoms with Crippen molar-refractivity contribution in [1.82, 2.24) is 14.9 Å². The van der Waals surface area contributed by atoms with Gasteiger partial charge in [0, 0.05) is 37.3 Å². The predicted octanol–water partition coefficient (Wildman–Crippen LogP) is 3.59. The monoisotopic (exact) mass is 365 g/mol. The lowest BCUT2D eigenvalue weighted by molar-refractivity contribution is 0.206. The van der Waals surface area contributed by atoms with E-state index in [-0.39, 0.29) is 6.03 Å². The molecule has 1 aromatic carbocycles. The van der Waals surface area contributed by atoms with Crippen molar-refractivity contribution in [2.24, 2.45) is 0 Å². The molecule has 6 heteroatoms. The Bertz CT molecular complexity index is 853. The number of carbonyl (C=O) groups excluding carboxylic acids is 1. The fraction of sp³-hybridized carbons (Fsp3) is 0.476. The number of nitrogens with one attached hydrogen (secondary N) is 1. The van der Waals surface area contributed by atoms with Crippen LogP contribution < -0.4 is 10.2 Å². The van der Waals surface area contributed by atoms with Gasteiger partial charge in [0.05, 0.1) is 12.2 Å². The number of urea groups is 1. The van der Waals surface area contributed by atoms with Gasteiger partial charge in [0.1, 0.15) is 11.6 Å². The number of nitrogens with zero attached hydrogens (tertiary/aromatic N) is 4. The van der Waals surface area contributed by atoms with Gasteiger partial charge >= 0.3 is 6.03 Å². The third kappa shape index (κ3) is 3.48. The second-order valence-electron chi connectivity index (χ2n) is 7.58. The summed E-state index contributed by atoms with van der Waals surface area (Å²) >= 11 is 0. The topological polar surface area (TPSA) is 61.4 Å². The van der Waals surface area contributed by atoms with Crippen molar-refractivity contribution in [3.8, 4) is 0 Å². The number of hydrogen-bond acceptors (Lipinski definition) is 4. The van der Waals surface area contributed by atoms with Crippen LogP contribution in [0.5, 0.6) is 0 Å². The molecule has 2 aliphatic heterocycles. The van der Waals surface area contributed by atoms with Gasteiger partial charge < -0.3 is 15.1 Å². The Morgan fingerprint density at radius 1 is 1.04 bits per heavy atom. The molecule has 0 bridgehead atoms. The highest BCUT2D eigenvalue weighted by molar-refractivity contribution is 5.91. The molecular formula is C21H27N5O. The minimum Gasteiger partial charge on any atom is -0.356 e. The maximum atomic E-state index is 12.9. The zero-order valence-electron chi connectivity index (χ0n) is 16.4. The standard InChI is InChI=1S/C21H27N5O/c1-14-7-6-8-15(2)19(14)24-21(27)26-12-9-18-17(13-26)20(23-16(3)22-18)25-10-4-5-11-25/h6-8H,4-5,9-13H2,1-3H3,(H,24,27). The highest BCUT2D eigenvalue weighted by Crippen LogP contribution is 2.29. The van der Waals surface area contributed by atoms with Gasteiger partial charge in [-0.05, 0) is 44.7 Å². The molecule has 1 aromatic heterocycles. The summed E-state index contributed by atoms with van der Waals surface area (Å²) in [6.45, 7) is 9.33. The van der Waals surface area contributed by atoms with Crippen molar-refractivity contribution in [2.75, 3.05) is 29.9 Å². The van der Waals surface area contributed by atoms with Crippen molar-refractivity contribution in [3.05, 3.63) is 46.4 Å². The van der Waals surface area contributed by atoms with Gasteiger partial charge in [-0.25, -0.2) is 14.8 Å². The normalized spacial score (nSPS) is 16.4. The lowest BCUT2D eigenvalue weighted by Gasteiger charge is -2.32. The summed E-state index contributed by atoms with van der Waals surface area (Å²) in [5.41, 5.74) is 5.29. The van der Waals surface area contributed by atoms with Gasteiger partial charge in [0.15, 0.2) is 0 Å². The lowest BCUT2D eigenvalue weighted by atomic mass is 10.1. The van der Waals surface area contributed by atoms with Crippen LogP contribution in [0.25, 0.3) is 0 Å². The molecule has 0 spiro atoms. The highest BCUT2D eigenvalue weighted by atomic mass is 16.2. The average molecular weight is 365 g/mol. The average Bonchev–Trinajstić information content (AvgIpc) is 3.18. The number of carbonyl (C=O) groups is 1. The van der Waals surface area contributed by atoms with E-state index in [9.17, 15) is 4.79 Å². The summed E-state index contributed by atoms with van der Waals surface area (Å²) in [6.07, 6.45) is 3.18. The molecule has 27 heavy (non-hydrogen) atoms. The van der Waals surface area contributed by atoms with Crippen LogP contribution in [-0.2, 0) is 13.0 Å². The number of rotatable bonds is 2. The quantitative estimate of drug-likeness (QED) is 0.883. The van der Waals surface area contributed by atoms with Crippen molar-refractivity contribution in [2.45, 2.75) is 46.6 Å². The lowest BCUT2D eigenvalue weighted by Crippen LogP contribution is -2.40. The van der Waals surface area contributed by atoms with E-state index < -0.39 is 0 Å². The van der Waals surface area contributed by atoms with E-state index in [0.29, 0.717) is 13.1 Å². The molecular weight excluding hydrogens is 338 g/mol. The third-order valence-corrected chi connectivity index (χ3v) is 5.56. The smallest absolute Gasteiger partial charge is 0.322 e. The summed E-state index contributed by atoms with van der Waals surface area (Å²) in [6, 6.07) is 6.01. The van der Waals surface area contributed by atoms with Crippen molar-refractivity contribution in [1.29, 1.82) is 0 Å². The first-order chi connectivity index (χ1) is 13.0. The summed E-state index contributed by atoms with van der Waals surface area (Å²) < 4.78 is 0. The Labute approximate surface area is 160 Å². The predicted molar refractivity (Wildman–Crippen MR) is 107 cm³/mol. The molecule has 2 amide bonds. The molecule has 1 N–H and O–H groups in total. The summed E-state index contributed by atoms with van der Waals surface area (Å²) in [4.78, 5) is 26.6. The first-order valence-corrected chi connectivity index (χ1v) is 9.76. The van der Waals surface area contributed by atoms with E-state index >= 15 is 0 Å². The Morgan fingerprint density at radius 2 is 1.74 bits per heavy atom. The number of aromatic nitrogens is 2. The van der Waals surface area contributed by atoms with Crippen LogP contribution in [0.1, 0.15) is 41.1 Å². The van der Waals surface area contributed by atoms with Crippen molar-refractivity contribution in [3.63, 3.8) is 0 Å². The molecule has 142 valence electrons. The Balaban J connectivity index is 1.58. The van der Waals surface area contributed by atoms with Crippen LogP contribution >= 0.6 is 0 Å². The fourth-order valence-corrected chi connectivity index (χ4v) is 4.08. The number of aryl methyl sites for hydroxylation is 3. The van der Waals surface area contributed by atoms with Gasteiger partial charge in [-0.2, -0.15) is 0 Å². The molecule has 0 atom stereocenters. The molecule has 6 nitrogen and oxygen atoms in total. The number of amides is 2. The van der Waals surface area contributed by atoms with Crippen molar-refractivity contribution >= 4 is 17.5 Å². The largest absolute Gasteiger partial charge is 0.356 e. The fourth-order valence-electron chi connectivity index (χ4n) is 4.08. The number of anilines is 2. The number of benzene rings is 1. The van der Waals surface area contributed by atoms with Crippen molar-refractivity contribution < 1.29 is 4.79 Å². The molecule has 0 saturated carbocycles. The Kier molecular flexibility index (Phi) is 4.72. The number of fused-ring (bicyclic) bond motifs is 1. The van der Waals surface area contributed by atoms with Gasteiger partial charge in [0.2, 0.25) is 0 Å². The van der Waals surface area contributed by atoms with E-state index in [1.54, 1.807) is 0 Å². The first kappa shape index (κ1) is 17.8. The SMILES string of the molecule is Cc1nc2c(c(N3CCCC3)n1)CN(C(=O)Nc1c(C)cccc1C)CC2. The number of hydrogen-bond donors (Lipinski definition) is 1. The van der Waals surface area contributed by atoms with E-state index in [0.717, 1.165) is 59.2 Å². The van der Waals surface area contributed by atoms with Crippen LogP contribution in [0.3, 0.4) is 0 Å². The summed E-state index contributed by atoms with van der Waals surface area (Å²) in [7, 11) is 0. The molecule has 3 heterocycles. The summed E-state index contributed by atoms with van der Waals surface area (Å²) in [5.74, 6) is 1.85. The maximum absolute atomic E-state index is 12.9. The van der Waals surface area contributed by atoms with Gasteiger partial charge in [0.25, 0.3) is 0 Å². The molecule has 0 aliphatic carbocycles. The van der Waals surface area contributed by atoms with Gasteiger partial charge in [-0.15, -0.1) is 0 Å². The van der Waals surface area contributed by atoms with Crippen LogP contribution in [-0.4, -0.2) is 40.5 Å². The van der Waals surface area contributed by atoms with Gasteiger partial charge in [-0.3, -0.25) is 0 Å². The molecule has 4 rings (SSSR count). The molecule has 1 saturated heterocycles. The van der Waals surface area contributed by atoms with E-state index in [1.807, 2.05) is 43.9 Å². The Morgan fingerprint density at radius 3 is 2.44 bits per heavy atom. The van der Waals surface area contributed by atoms with Crippen LogP contribution in [0, 0.1) is 20.8 Å². The molecule has 2 aromatic rings. The molecule has 2 aliphatic rings. The molecule has 0 unspecified atom stereocenters. The van der Waals surface area contributed by atoms with E-state index in [2.05, 4.69) is 15.2 Å². The van der Waals surface area contributed by atoms with E-state index in [4.69, 9.17) is 4.98 Å². The zero-order chi connectivity index (χ0) is 19.0. The van der Waals surface area contributed by atoms with Gasteiger partial charge in [-0.1, -0.05) is 18.2 Å².